The summed E-state index contributed by atoms with van der Waals surface area (Å²) < 4.78 is 5.55. The number of aromatic nitrogens is 1. The van der Waals surface area contributed by atoms with Crippen LogP contribution < -0.4 is 5.32 Å². The van der Waals surface area contributed by atoms with Crippen LogP contribution in [0.3, 0.4) is 0 Å². The van der Waals surface area contributed by atoms with Gasteiger partial charge in [-0.25, -0.2) is 4.98 Å². The van der Waals surface area contributed by atoms with E-state index in [0.717, 1.165) is 57.2 Å². The van der Waals surface area contributed by atoms with Crippen LogP contribution in [0.2, 0.25) is 0 Å². The Morgan fingerprint density at radius 1 is 1.37 bits per heavy atom. The summed E-state index contributed by atoms with van der Waals surface area (Å²) >= 11 is 0. The number of likely N-dealkylation sites (N-methyl/N-ethyl adjacent to an activating group) is 2. The van der Waals surface area contributed by atoms with Gasteiger partial charge < -0.3 is 19.5 Å². The van der Waals surface area contributed by atoms with Crippen LogP contribution in [-0.4, -0.2) is 67.6 Å². The maximum absolute atomic E-state index is 5.55. The van der Waals surface area contributed by atoms with Crippen LogP contribution in [0.1, 0.15) is 18.5 Å². The molecule has 108 valence electrons. The fourth-order valence-electron chi connectivity index (χ4n) is 2.30. The van der Waals surface area contributed by atoms with Crippen LogP contribution >= 0.6 is 0 Å². The molecule has 1 aromatic heterocycles. The van der Waals surface area contributed by atoms with Crippen molar-refractivity contribution in [3.05, 3.63) is 17.8 Å². The zero-order valence-electron chi connectivity index (χ0n) is 12.4. The molecule has 0 amide bonds. The number of nitrogens with zero attached hydrogens (tertiary/aromatic N) is 3. The Morgan fingerprint density at radius 2 is 2.11 bits per heavy atom. The molecule has 5 heteroatoms. The van der Waals surface area contributed by atoms with E-state index in [9.17, 15) is 0 Å². The lowest BCUT2D eigenvalue weighted by Gasteiger charge is -2.31. The number of oxazole rings is 1. The van der Waals surface area contributed by atoms with Crippen molar-refractivity contribution in [3.8, 4) is 0 Å². The van der Waals surface area contributed by atoms with E-state index in [4.69, 9.17) is 4.42 Å². The summed E-state index contributed by atoms with van der Waals surface area (Å²) in [6.45, 7) is 7.84. The third-order valence-corrected chi connectivity index (χ3v) is 3.85. The van der Waals surface area contributed by atoms with Gasteiger partial charge in [0.15, 0.2) is 5.89 Å². The van der Waals surface area contributed by atoms with E-state index in [-0.39, 0.29) is 0 Å². The number of piperazine rings is 1. The normalized spacial score (nSPS) is 19.7. The second kappa shape index (κ2) is 7.03. The van der Waals surface area contributed by atoms with Gasteiger partial charge in [-0.3, -0.25) is 0 Å². The van der Waals surface area contributed by atoms with Gasteiger partial charge in [-0.15, -0.1) is 0 Å². The van der Waals surface area contributed by atoms with E-state index >= 15 is 0 Å². The smallest absolute Gasteiger partial charge is 0.195 e. The van der Waals surface area contributed by atoms with Crippen molar-refractivity contribution >= 4 is 0 Å². The van der Waals surface area contributed by atoms with Gasteiger partial charge in [0.2, 0.25) is 0 Å². The molecule has 2 heterocycles. The molecule has 1 aliphatic heterocycles. The largest absolute Gasteiger partial charge is 0.449 e. The van der Waals surface area contributed by atoms with Gasteiger partial charge in [-0.1, -0.05) is 0 Å². The Morgan fingerprint density at radius 3 is 2.79 bits per heavy atom. The number of hydrogen-bond acceptors (Lipinski definition) is 5. The molecular weight excluding hydrogens is 240 g/mol. The first kappa shape index (κ1) is 14.5. The van der Waals surface area contributed by atoms with Gasteiger partial charge in [0.1, 0.15) is 6.26 Å². The molecule has 0 spiro atoms. The van der Waals surface area contributed by atoms with Gasteiger partial charge in [0, 0.05) is 51.6 Å². The second-order valence-electron chi connectivity index (χ2n) is 5.52. The molecule has 1 atom stereocenters. The van der Waals surface area contributed by atoms with Crippen molar-refractivity contribution in [1.82, 2.24) is 20.1 Å². The molecule has 0 saturated carbocycles. The van der Waals surface area contributed by atoms with Gasteiger partial charge in [-0.2, -0.15) is 0 Å². The Labute approximate surface area is 116 Å². The van der Waals surface area contributed by atoms with E-state index in [1.165, 1.54) is 0 Å². The molecule has 1 saturated heterocycles. The molecule has 0 aromatic carbocycles. The van der Waals surface area contributed by atoms with Crippen LogP contribution in [0.4, 0.5) is 0 Å². The van der Waals surface area contributed by atoms with Gasteiger partial charge in [0.05, 0.1) is 5.69 Å². The SMILES string of the molecule is CNC(C)Cc1coc(CCN2CCN(C)CC2)n1. The molecule has 5 nitrogen and oxygen atoms in total. The molecule has 19 heavy (non-hydrogen) atoms. The summed E-state index contributed by atoms with van der Waals surface area (Å²) in [5.74, 6) is 0.872. The minimum Gasteiger partial charge on any atom is -0.449 e. The van der Waals surface area contributed by atoms with Crippen molar-refractivity contribution < 1.29 is 4.42 Å². The fourth-order valence-corrected chi connectivity index (χ4v) is 2.30. The Balaban J connectivity index is 1.74. The quantitative estimate of drug-likeness (QED) is 0.817. The Bertz CT molecular complexity index is 371. The lowest BCUT2D eigenvalue weighted by Crippen LogP contribution is -2.45. The highest BCUT2D eigenvalue weighted by Gasteiger charge is 2.14. The standard InChI is InChI=1S/C14H26N4O/c1-12(15-2)10-13-11-19-14(16-13)4-5-18-8-6-17(3)7-9-18/h11-12,15H,4-10H2,1-3H3. The summed E-state index contributed by atoms with van der Waals surface area (Å²) in [7, 11) is 4.15. The third kappa shape index (κ3) is 4.60. The summed E-state index contributed by atoms with van der Waals surface area (Å²) in [4.78, 5) is 9.41. The minimum atomic E-state index is 0.440. The average molecular weight is 266 g/mol. The third-order valence-electron chi connectivity index (χ3n) is 3.85. The zero-order chi connectivity index (χ0) is 13.7. The zero-order valence-corrected chi connectivity index (χ0v) is 12.4. The molecule has 1 aliphatic rings. The first-order valence-electron chi connectivity index (χ1n) is 7.19. The van der Waals surface area contributed by atoms with Crippen LogP contribution in [0.15, 0.2) is 10.7 Å². The topological polar surface area (TPSA) is 44.5 Å². The molecule has 2 rings (SSSR count). The summed E-state index contributed by atoms with van der Waals surface area (Å²) in [5.41, 5.74) is 1.05. The van der Waals surface area contributed by atoms with Crippen molar-refractivity contribution in [2.75, 3.05) is 46.8 Å². The van der Waals surface area contributed by atoms with Crippen molar-refractivity contribution in [2.45, 2.75) is 25.8 Å². The Kier molecular flexibility index (Phi) is 5.36. The van der Waals surface area contributed by atoms with Gasteiger partial charge in [-0.05, 0) is 21.0 Å². The highest BCUT2D eigenvalue weighted by atomic mass is 16.3. The molecule has 1 unspecified atom stereocenters. The molecular formula is C14H26N4O. The summed E-state index contributed by atoms with van der Waals surface area (Å²) in [6.07, 6.45) is 3.64. The fraction of sp³-hybridized carbons (Fsp3) is 0.786. The second-order valence-corrected chi connectivity index (χ2v) is 5.52. The maximum Gasteiger partial charge on any atom is 0.195 e. The van der Waals surface area contributed by atoms with Crippen molar-refractivity contribution in [3.63, 3.8) is 0 Å². The lowest BCUT2D eigenvalue weighted by molar-refractivity contribution is 0.153. The Hall–Kier alpha value is -0.910. The summed E-state index contributed by atoms with van der Waals surface area (Å²) in [5, 5.41) is 3.22. The van der Waals surface area contributed by atoms with Gasteiger partial charge in [0.25, 0.3) is 0 Å². The summed E-state index contributed by atoms with van der Waals surface area (Å²) in [6, 6.07) is 0.440. The van der Waals surface area contributed by atoms with E-state index in [1.807, 2.05) is 7.05 Å². The molecule has 1 aromatic rings. The van der Waals surface area contributed by atoms with Crippen molar-refractivity contribution in [2.24, 2.45) is 0 Å². The van der Waals surface area contributed by atoms with E-state index in [0.29, 0.717) is 6.04 Å². The first-order valence-corrected chi connectivity index (χ1v) is 7.19. The highest BCUT2D eigenvalue weighted by Crippen LogP contribution is 2.07. The minimum absolute atomic E-state index is 0.440. The van der Waals surface area contributed by atoms with Crippen LogP contribution in [0, 0.1) is 0 Å². The van der Waals surface area contributed by atoms with Gasteiger partial charge >= 0.3 is 0 Å². The molecule has 1 fully saturated rings. The lowest BCUT2D eigenvalue weighted by atomic mass is 10.2. The first-order chi connectivity index (χ1) is 9.17. The van der Waals surface area contributed by atoms with E-state index < -0.39 is 0 Å². The monoisotopic (exact) mass is 266 g/mol. The van der Waals surface area contributed by atoms with E-state index in [2.05, 4.69) is 34.1 Å². The van der Waals surface area contributed by atoms with Crippen molar-refractivity contribution in [1.29, 1.82) is 0 Å². The van der Waals surface area contributed by atoms with Crippen LogP contribution in [-0.2, 0) is 12.8 Å². The molecule has 0 radical (unpaired) electrons. The molecule has 0 aliphatic carbocycles. The predicted octanol–water partition coefficient (Wildman–Crippen LogP) is 0.615. The highest BCUT2D eigenvalue weighted by molar-refractivity contribution is 4.99. The average Bonchev–Trinajstić information content (AvgIpc) is 2.85. The van der Waals surface area contributed by atoms with Crippen LogP contribution in [0.25, 0.3) is 0 Å². The molecule has 0 bridgehead atoms. The number of rotatable bonds is 6. The molecule has 1 N–H and O–H groups in total. The van der Waals surface area contributed by atoms with Crippen LogP contribution in [0.5, 0.6) is 0 Å². The van der Waals surface area contributed by atoms with E-state index in [1.54, 1.807) is 6.26 Å². The predicted molar refractivity (Wildman–Crippen MR) is 76.4 cm³/mol. The number of hydrogen-bond donors (Lipinski definition) is 1. The maximum atomic E-state index is 5.55. The number of nitrogens with one attached hydrogen (secondary N) is 1.